The van der Waals surface area contributed by atoms with E-state index in [2.05, 4.69) is 13.8 Å². The van der Waals surface area contributed by atoms with Crippen LogP contribution in [0.4, 0.5) is 0 Å². The van der Waals surface area contributed by atoms with E-state index < -0.39 is 6.10 Å². The van der Waals surface area contributed by atoms with Crippen LogP contribution in [0.5, 0.6) is 11.5 Å². The maximum Gasteiger partial charge on any atom is 0.161 e. The van der Waals surface area contributed by atoms with Gasteiger partial charge in [0, 0.05) is 0 Å². The lowest BCUT2D eigenvalue weighted by molar-refractivity contribution is 0.143. The number of ether oxygens (including phenoxy) is 2. The Bertz CT molecular complexity index is 376. The number of aliphatic hydroxyl groups is 1. The van der Waals surface area contributed by atoms with Gasteiger partial charge in [-0.3, -0.25) is 0 Å². The second kappa shape index (κ2) is 5.41. The fourth-order valence-corrected chi connectivity index (χ4v) is 1.95. The molecule has 2 unspecified atom stereocenters. The average molecular weight is 236 g/mol. The van der Waals surface area contributed by atoms with Crippen molar-refractivity contribution in [3.63, 3.8) is 0 Å². The van der Waals surface area contributed by atoms with E-state index in [4.69, 9.17) is 9.47 Å². The zero-order valence-corrected chi connectivity index (χ0v) is 10.5. The van der Waals surface area contributed by atoms with E-state index in [0.29, 0.717) is 19.1 Å². The molecule has 0 aliphatic carbocycles. The predicted octanol–water partition coefficient (Wildman–Crippen LogP) is 2.93. The first-order valence-corrected chi connectivity index (χ1v) is 6.28. The van der Waals surface area contributed by atoms with Gasteiger partial charge in [0.05, 0.1) is 6.10 Å². The predicted molar refractivity (Wildman–Crippen MR) is 66.5 cm³/mol. The molecule has 0 aromatic heterocycles. The number of hydrogen-bond acceptors (Lipinski definition) is 3. The van der Waals surface area contributed by atoms with Gasteiger partial charge < -0.3 is 14.6 Å². The Morgan fingerprint density at radius 2 is 1.94 bits per heavy atom. The molecule has 1 N–H and O–H groups in total. The molecular formula is C14H20O3. The van der Waals surface area contributed by atoms with E-state index in [9.17, 15) is 5.11 Å². The highest BCUT2D eigenvalue weighted by Crippen LogP contribution is 2.34. The minimum absolute atomic E-state index is 0.416. The van der Waals surface area contributed by atoms with E-state index >= 15 is 0 Å². The van der Waals surface area contributed by atoms with Gasteiger partial charge >= 0.3 is 0 Å². The number of fused-ring (bicyclic) bond motifs is 1. The smallest absolute Gasteiger partial charge is 0.161 e. The molecule has 0 spiro atoms. The SMILES string of the molecule is CCC(C)CC(O)c1ccc2c(c1)OCCO2. The largest absolute Gasteiger partial charge is 0.486 e. The second-order valence-corrected chi connectivity index (χ2v) is 4.67. The van der Waals surface area contributed by atoms with Crippen molar-refractivity contribution in [2.24, 2.45) is 5.92 Å². The van der Waals surface area contributed by atoms with Crippen molar-refractivity contribution in [1.29, 1.82) is 0 Å². The van der Waals surface area contributed by atoms with Crippen LogP contribution in [-0.2, 0) is 0 Å². The van der Waals surface area contributed by atoms with Crippen molar-refractivity contribution in [2.45, 2.75) is 32.8 Å². The quantitative estimate of drug-likeness (QED) is 0.873. The van der Waals surface area contributed by atoms with Crippen LogP contribution in [0.25, 0.3) is 0 Å². The highest BCUT2D eigenvalue weighted by Gasteiger charge is 2.16. The van der Waals surface area contributed by atoms with Gasteiger partial charge in [0.15, 0.2) is 11.5 Å². The molecule has 0 saturated heterocycles. The molecule has 0 saturated carbocycles. The molecule has 1 aromatic carbocycles. The first-order valence-electron chi connectivity index (χ1n) is 6.28. The van der Waals surface area contributed by atoms with Gasteiger partial charge in [-0.2, -0.15) is 0 Å². The molecule has 0 radical (unpaired) electrons. The highest BCUT2D eigenvalue weighted by atomic mass is 16.6. The number of aliphatic hydroxyl groups excluding tert-OH is 1. The Morgan fingerprint density at radius 1 is 1.24 bits per heavy atom. The zero-order valence-electron chi connectivity index (χ0n) is 10.5. The van der Waals surface area contributed by atoms with Crippen LogP contribution >= 0.6 is 0 Å². The molecule has 1 aliphatic rings. The van der Waals surface area contributed by atoms with Crippen molar-refractivity contribution in [3.05, 3.63) is 23.8 Å². The third-order valence-corrected chi connectivity index (χ3v) is 3.27. The summed E-state index contributed by atoms with van der Waals surface area (Å²) >= 11 is 0. The number of hydrogen-bond donors (Lipinski definition) is 1. The summed E-state index contributed by atoms with van der Waals surface area (Å²) in [6.45, 7) is 5.47. The maximum absolute atomic E-state index is 10.1. The maximum atomic E-state index is 10.1. The van der Waals surface area contributed by atoms with Crippen LogP contribution in [0, 0.1) is 5.92 Å². The van der Waals surface area contributed by atoms with Crippen molar-refractivity contribution in [1.82, 2.24) is 0 Å². The van der Waals surface area contributed by atoms with Gasteiger partial charge in [0.1, 0.15) is 13.2 Å². The molecular weight excluding hydrogens is 216 g/mol. The van der Waals surface area contributed by atoms with Crippen LogP contribution in [0.2, 0.25) is 0 Å². The minimum Gasteiger partial charge on any atom is -0.486 e. The Hall–Kier alpha value is -1.22. The van der Waals surface area contributed by atoms with Crippen molar-refractivity contribution in [3.8, 4) is 11.5 Å². The molecule has 1 aromatic rings. The Kier molecular flexibility index (Phi) is 3.89. The zero-order chi connectivity index (χ0) is 12.3. The molecule has 2 rings (SSSR count). The number of rotatable bonds is 4. The molecule has 0 bridgehead atoms. The van der Waals surface area contributed by atoms with Crippen LogP contribution < -0.4 is 9.47 Å². The third kappa shape index (κ3) is 2.91. The van der Waals surface area contributed by atoms with Gasteiger partial charge in [-0.25, -0.2) is 0 Å². The molecule has 3 nitrogen and oxygen atoms in total. The lowest BCUT2D eigenvalue weighted by Gasteiger charge is -2.21. The van der Waals surface area contributed by atoms with Crippen LogP contribution in [-0.4, -0.2) is 18.3 Å². The summed E-state index contributed by atoms with van der Waals surface area (Å²) in [5.41, 5.74) is 0.912. The van der Waals surface area contributed by atoms with Gasteiger partial charge in [-0.05, 0) is 30.0 Å². The first-order chi connectivity index (χ1) is 8.20. The summed E-state index contributed by atoms with van der Waals surface area (Å²) in [5, 5.41) is 10.1. The third-order valence-electron chi connectivity index (χ3n) is 3.27. The molecule has 17 heavy (non-hydrogen) atoms. The summed E-state index contributed by atoms with van der Waals surface area (Å²) in [4.78, 5) is 0. The van der Waals surface area contributed by atoms with E-state index in [1.807, 2.05) is 18.2 Å². The standard InChI is InChI=1S/C14H20O3/c1-3-10(2)8-12(15)11-4-5-13-14(9-11)17-7-6-16-13/h4-5,9-10,12,15H,3,6-8H2,1-2H3. The summed E-state index contributed by atoms with van der Waals surface area (Å²) < 4.78 is 11.0. The van der Waals surface area contributed by atoms with Crippen LogP contribution in [0.15, 0.2) is 18.2 Å². The Labute approximate surface area is 102 Å². The Balaban J connectivity index is 2.10. The van der Waals surface area contributed by atoms with E-state index in [1.165, 1.54) is 0 Å². The monoisotopic (exact) mass is 236 g/mol. The van der Waals surface area contributed by atoms with Gasteiger partial charge in [-0.15, -0.1) is 0 Å². The summed E-state index contributed by atoms with van der Waals surface area (Å²) in [6.07, 6.45) is 1.46. The normalized spacial score (nSPS) is 17.6. The minimum atomic E-state index is -0.416. The fourth-order valence-electron chi connectivity index (χ4n) is 1.95. The lowest BCUT2D eigenvalue weighted by Crippen LogP contribution is -2.15. The van der Waals surface area contributed by atoms with Crippen LogP contribution in [0.3, 0.4) is 0 Å². The molecule has 1 aliphatic heterocycles. The summed E-state index contributed by atoms with van der Waals surface area (Å²) in [6, 6.07) is 5.69. The molecule has 0 amide bonds. The summed E-state index contributed by atoms with van der Waals surface area (Å²) in [5.74, 6) is 2.05. The number of benzene rings is 1. The molecule has 0 fully saturated rings. The van der Waals surface area contributed by atoms with Crippen molar-refractivity contribution in [2.75, 3.05) is 13.2 Å². The average Bonchev–Trinajstić information content (AvgIpc) is 2.38. The van der Waals surface area contributed by atoms with Gasteiger partial charge in [0.2, 0.25) is 0 Å². The molecule has 2 atom stereocenters. The van der Waals surface area contributed by atoms with Crippen molar-refractivity contribution < 1.29 is 14.6 Å². The van der Waals surface area contributed by atoms with Gasteiger partial charge in [-0.1, -0.05) is 26.3 Å². The van der Waals surface area contributed by atoms with Crippen LogP contribution in [0.1, 0.15) is 38.4 Å². The van der Waals surface area contributed by atoms with E-state index in [1.54, 1.807) is 0 Å². The summed E-state index contributed by atoms with van der Waals surface area (Å²) in [7, 11) is 0. The Morgan fingerprint density at radius 3 is 2.65 bits per heavy atom. The topological polar surface area (TPSA) is 38.7 Å². The lowest BCUT2D eigenvalue weighted by atomic mass is 9.96. The van der Waals surface area contributed by atoms with E-state index in [0.717, 1.165) is 29.9 Å². The second-order valence-electron chi connectivity index (χ2n) is 4.67. The fraction of sp³-hybridized carbons (Fsp3) is 0.571. The van der Waals surface area contributed by atoms with Crippen molar-refractivity contribution >= 4 is 0 Å². The van der Waals surface area contributed by atoms with Gasteiger partial charge in [0.25, 0.3) is 0 Å². The molecule has 94 valence electrons. The highest BCUT2D eigenvalue weighted by molar-refractivity contribution is 5.44. The first kappa shape index (κ1) is 12.2. The molecule has 3 heteroatoms. The molecule has 1 heterocycles. The van der Waals surface area contributed by atoms with E-state index in [-0.39, 0.29) is 0 Å².